The summed E-state index contributed by atoms with van der Waals surface area (Å²) < 4.78 is 0. The largest absolute Gasteiger partial charge is 0.294 e. The molecule has 10 aliphatic carbocycles. The molecule has 0 amide bonds. The van der Waals surface area contributed by atoms with Crippen molar-refractivity contribution in [2.45, 2.75) is 336 Å². The van der Waals surface area contributed by atoms with Gasteiger partial charge in [0.2, 0.25) is 0 Å². The van der Waals surface area contributed by atoms with Gasteiger partial charge in [-0.15, -0.1) is 0 Å². The van der Waals surface area contributed by atoms with Gasteiger partial charge in [0.25, 0.3) is 0 Å². The van der Waals surface area contributed by atoms with E-state index in [1.807, 2.05) is 0 Å². The lowest BCUT2D eigenvalue weighted by atomic mass is 9.63. The first-order chi connectivity index (χ1) is 36.9. The maximum Gasteiger partial charge on any atom is 0.0133 e. The Labute approximate surface area is 472 Å². The molecule has 10 rings (SSSR count). The highest BCUT2D eigenvalue weighted by molar-refractivity contribution is 5.13. The lowest BCUT2D eigenvalue weighted by Crippen LogP contribution is -2.62. The van der Waals surface area contributed by atoms with Gasteiger partial charge in [-0.25, -0.2) is 0 Å². The van der Waals surface area contributed by atoms with Crippen LogP contribution in [0.4, 0.5) is 0 Å². The Hall–Kier alpha value is -1.12. The molecule has 430 valence electrons. The lowest BCUT2D eigenvalue weighted by molar-refractivity contribution is -0.0877. The number of hydrogen-bond donors (Lipinski definition) is 0. The summed E-state index contributed by atoms with van der Waals surface area (Å²) >= 11 is 0. The Morgan fingerprint density at radius 3 is 0.671 bits per heavy atom. The van der Waals surface area contributed by atoms with E-state index in [4.69, 9.17) is 0 Å². The molecule has 2 nitrogen and oxygen atoms in total. The quantitative estimate of drug-likeness (QED) is 0.160. The molecule has 4 unspecified atom stereocenters. The Morgan fingerprint density at radius 2 is 0.461 bits per heavy atom. The number of hydrogen-bond acceptors (Lipinski definition) is 2. The van der Waals surface area contributed by atoms with E-state index in [1.54, 1.807) is 22.3 Å². The van der Waals surface area contributed by atoms with Gasteiger partial charge in [0.05, 0.1) is 0 Å². The highest BCUT2D eigenvalue weighted by Gasteiger charge is 2.50. The third-order valence-corrected chi connectivity index (χ3v) is 25.7. The Balaban J connectivity index is 0.864. The zero-order valence-electron chi connectivity index (χ0n) is 51.6. The van der Waals surface area contributed by atoms with Gasteiger partial charge < -0.3 is 0 Å². The molecule has 0 bridgehead atoms. The van der Waals surface area contributed by atoms with Crippen LogP contribution in [0.2, 0.25) is 0 Å². The molecule has 10 aliphatic rings. The SMILES string of the molecule is C/C(=C\C1CCC(N(C2CCC(/C=C(\C)C3CCC(C)CC3)CC2)C2CCC(N(C3CCC(/C=C(\C)C4CCC(C)CC4)CC3)C3CCC(/C=C(\C)C4CCC(C)CC4)CC3)C3CCCCC32)CC1)C1CCC(C)CC1. The van der Waals surface area contributed by atoms with Crippen LogP contribution in [0.3, 0.4) is 0 Å². The van der Waals surface area contributed by atoms with Crippen molar-refractivity contribution in [2.24, 2.45) is 82.9 Å². The monoisotopic (exact) mass is 1040 g/mol. The molecular weight excluding hydrogens is 917 g/mol. The van der Waals surface area contributed by atoms with Crippen molar-refractivity contribution in [1.29, 1.82) is 0 Å². The second-order valence-corrected chi connectivity index (χ2v) is 31.0. The first kappa shape index (κ1) is 58.1. The Kier molecular flexibility index (Phi) is 21.2. The molecule has 0 aromatic carbocycles. The predicted molar refractivity (Wildman–Crippen MR) is 328 cm³/mol. The molecule has 10 fully saturated rings. The van der Waals surface area contributed by atoms with Crippen LogP contribution in [-0.2, 0) is 0 Å². The summed E-state index contributed by atoms with van der Waals surface area (Å²) in [6.07, 6.45) is 66.9. The zero-order chi connectivity index (χ0) is 52.7. The van der Waals surface area contributed by atoms with Crippen molar-refractivity contribution >= 4 is 0 Å². The molecule has 0 aromatic rings. The minimum atomic E-state index is 0.816. The number of nitrogens with zero attached hydrogens (tertiary/aromatic N) is 2. The van der Waals surface area contributed by atoms with Crippen molar-refractivity contribution in [1.82, 2.24) is 9.80 Å². The Morgan fingerprint density at radius 1 is 0.250 bits per heavy atom. The summed E-state index contributed by atoms with van der Waals surface area (Å²) in [5.41, 5.74) is 7.08. The molecule has 0 N–H and O–H groups in total. The summed E-state index contributed by atoms with van der Waals surface area (Å²) in [5, 5.41) is 0. The van der Waals surface area contributed by atoms with E-state index < -0.39 is 0 Å². The maximum absolute atomic E-state index is 3.44. The van der Waals surface area contributed by atoms with Crippen LogP contribution in [0.25, 0.3) is 0 Å². The molecule has 2 heteroatoms. The third kappa shape index (κ3) is 14.9. The van der Waals surface area contributed by atoms with Gasteiger partial charge in [-0.2, -0.15) is 0 Å². The van der Waals surface area contributed by atoms with E-state index in [1.165, 1.54) is 244 Å². The highest BCUT2D eigenvalue weighted by Crippen LogP contribution is 2.51. The van der Waals surface area contributed by atoms with Gasteiger partial charge in [-0.1, -0.05) is 138 Å². The molecule has 0 spiro atoms. The van der Waals surface area contributed by atoms with E-state index >= 15 is 0 Å². The van der Waals surface area contributed by atoms with E-state index in [-0.39, 0.29) is 0 Å². The molecule has 0 aromatic heterocycles. The van der Waals surface area contributed by atoms with Crippen LogP contribution >= 0.6 is 0 Å². The highest BCUT2D eigenvalue weighted by atomic mass is 15.3. The molecular formula is C74H124N2. The van der Waals surface area contributed by atoms with Gasteiger partial charge in [-0.05, 0) is 290 Å². The van der Waals surface area contributed by atoms with Crippen molar-refractivity contribution in [3.05, 3.63) is 46.6 Å². The second-order valence-electron chi connectivity index (χ2n) is 31.0. The smallest absolute Gasteiger partial charge is 0.0133 e. The van der Waals surface area contributed by atoms with E-state index in [0.29, 0.717) is 0 Å². The summed E-state index contributed by atoms with van der Waals surface area (Å²) in [7, 11) is 0. The fourth-order valence-corrected chi connectivity index (χ4v) is 20.5. The van der Waals surface area contributed by atoms with Crippen molar-refractivity contribution in [2.75, 3.05) is 0 Å². The number of allylic oxidation sites excluding steroid dienone is 8. The van der Waals surface area contributed by atoms with Crippen molar-refractivity contribution in [3.8, 4) is 0 Å². The molecule has 4 atom stereocenters. The normalized spacial score (nSPS) is 44.2. The first-order valence-corrected chi connectivity index (χ1v) is 35.2. The molecule has 76 heavy (non-hydrogen) atoms. The predicted octanol–water partition coefficient (Wildman–Crippen LogP) is 21.3. The summed E-state index contributed by atoms with van der Waals surface area (Å²) in [6, 6.07) is 4.92. The fourth-order valence-electron chi connectivity index (χ4n) is 20.5. The first-order valence-electron chi connectivity index (χ1n) is 35.2. The minimum Gasteiger partial charge on any atom is -0.294 e. The Bertz CT molecular complexity index is 1600. The third-order valence-electron chi connectivity index (χ3n) is 25.7. The standard InChI is InChI=1S/C74H124N2/c1-51-13-29-63(30-14-51)55(5)47-59-21-37-67(38-22-59)75(68-39-23-60(24-40-68)48-56(6)64-31-15-52(2)16-32-64)73-45-46-74(72-12-10-9-11-71(72)73)76(69-41-25-61(26-42-69)49-57(7)65-33-17-53(3)18-34-65)70-43-27-62(28-44-70)50-58(8)66-35-19-54(4)20-36-66/h47-54,59-74H,9-46H2,1-8H3/b55-47+,56-48+,57-49+,58-50+. The van der Waals surface area contributed by atoms with Crippen LogP contribution in [0.15, 0.2) is 46.6 Å². The molecule has 0 heterocycles. The fraction of sp³-hybridized carbons (Fsp3) is 0.892. The minimum absolute atomic E-state index is 0.816. The van der Waals surface area contributed by atoms with Crippen LogP contribution in [0.5, 0.6) is 0 Å². The van der Waals surface area contributed by atoms with Gasteiger partial charge in [0.15, 0.2) is 0 Å². The van der Waals surface area contributed by atoms with E-state index in [9.17, 15) is 0 Å². The molecule has 0 saturated heterocycles. The average molecular weight is 1040 g/mol. The summed E-state index contributed by atoms with van der Waals surface area (Å²) in [6.45, 7) is 20.1. The second kappa shape index (κ2) is 27.8. The summed E-state index contributed by atoms with van der Waals surface area (Å²) in [5.74, 6) is 12.4. The lowest BCUT2D eigenvalue weighted by Gasteiger charge is -2.59. The van der Waals surface area contributed by atoms with Gasteiger partial charge >= 0.3 is 0 Å². The van der Waals surface area contributed by atoms with Crippen LogP contribution in [-0.4, -0.2) is 46.1 Å². The van der Waals surface area contributed by atoms with Crippen LogP contribution in [0, 0.1) is 82.9 Å². The van der Waals surface area contributed by atoms with Crippen LogP contribution < -0.4 is 0 Å². The van der Waals surface area contributed by atoms with Gasteiger partial charge in [0.1, 0.15) is 0 Å². The van der Waals surface area contributed by atoms with Crippen molar-refractivity contribution in [3.63, 3.8) is 0 Å². The molecule has 0 radical (unpaired) electrons. The van der Waals surface area contributed by atoms with Crippen molar-refractivity contribution < 1.29 is 0 Å². The molecule has 0 aliphatic heterocycles. The van der Waals surface area contributed by atoms with E-state index in [0.717, 1.165) is 119 Å². The van der Waals surface area contributed by atoms with Gasteiger partial charge in [-0.3, -0.25) is 9.80 Å². The van der Waals surface area contributed by atoms with Gasteiger partial charge in [0, 0.05) is 36.3 Å². The summed E-state index contributed by atoms with van der Waals surface area (Å²) in [4.78, 5) is 6.88. The van der Waals surface area contributed by atoms with E-state index in [2.05, 4.69) is 89.5 Å². The van der Waals surface area contributed by atoms with Crippen LogP contribution in [0.1, 0.15) is 299 Å². The average Bonchev–Trinajstić information content (AvgIpc) is 3.45. The zero-order valence-corrected chi connectivity index (χ0v) is 51.6. The number of fused-ring (bicyclic) bond motifs is 1. The topological polar surface area (TPSA) is 6.48 Å². The maximum atomic E-state index is 3.44. The number of rotatable bonds is 14. The molecule has 10 saturated carbocycles.